The van der Waals surface area contributed by atoms with E-state index in [1.165, 1.54) is 24.3 Å². The number of halogens is 3. The number of hydrogen-bond acceptors (Lipinski definition) is 5. The van der Waals surface area contributed by atoms with Crippen molar-refractivity contribution < 1.29 is 22.4 Å². The fraction of sp³-hybridized carbons (Fsp3) is 0.267. The van der Waals surface area contributed by atoms with Crippen molar-refractivity contribution in [2.24, 2.45) is 0 Å². The highest BCUT2D eigenvalue weighted by Gasteiger charge is 2.31. The van der Waals surface area contributed by atoms with E-state index in [1.807, 2.05) is 13.8 Å². The molecule has 3 aromatic rings. The summed E-state index contributed by atoms with van der Waals surface area (Å²) in [5, 5.41) is 10.5. The summed E-state index contributed by atoms with van der Waals surface area (Å²) in [7, 11) is 0. The summed E-state index contributed by atoms with van der Waals surface area (Å²) in [6, 6.07) is 6.91. The zero-order valence-electron chi connectivity index (χ0n) is 13.2. The molecule has 9 heteroatoms. The van der Waals surface area contributed by atoms with E-state index in [-0.39, 0.29) is 5.75 Å². The fourth-order valence-corrected chi connectivity index (χ4v) is 1.80. The van der Waals surface area contributed by atoms with Gasteiger partial charge in [0.15, 0.2) is 0 Å². The maximum absolute atomic E-state index is 12.1. The monoisotopic (exact) mass is 340 g/mol. The number of alkyl halides is 3. The number of benzene rings is 1. The Kier molecular flexibility index (Phi) is 5.22. The molecule has 24 heavy (non-hydrogen) atoms. The number of aromatic nitrogens is 4. The molecule has 0 saturated heterocycles. The van der Waals surface area contributed by atoms with Crippen molar-refractivity contribution in [2.75, 3.05) is 0 Å². The molecule has 0 aliphatic rings. The van der Waals surface area contributed by atoms with E-state index in [0.717, 1.165) is 0 Å². The predicted molar refractivity (Wildman–Crippen MR) is 80.1 cm³/mol. The normalized spacial score (nSPS) is 10.9. The molecule has 2 aromatic heterocycles. The molecule has 0 radical (unpaired) electrons. The number of H-pyrrole nitrogens is 1. The van der Waals surface area contributed by atoms with Crippen molar-refractivity contribution in [2.45, 2.75) is 27.1 Å². The van der Waals surface area contributed by atoms with Crippen LogP contribution >= 0.6 is 0 Å². The van der Waals surface area contributed by atoms with Crippen LogP contribution in [0.5, 0.6) is 5.75 Å². The minimum absolute atomic E-state index is 0.301. The third-order valence-corrected chi connectivity index (χ3v) is 2.71. The first kappa shape index (κ1) is 17.5. The Morgan fingerprint density at radius 1 is 1.12 bits per heavy atom. The highest BCUT2D eigenvalue weighted by atomic mass is 19.4. The molecule has 128 valence electrons. The quantitative estimate of drug-likeness (QED) is 0.766. The van der Waals surface area contributed by atoms with Crippen molar-refractivity contribution in [3.63, 3.8) is 0 Å². The van der Waals surface area contributed by atoms with Gasteiger partial charge >= 0.3 is 6.36 Å². The first-order valence-electron chi connectivity index (χ1n) is 7.13. The molecule has 0 atom stereocenters. The molecule has 0 amide bonds. The van der Waals surface area contributed by atoms with Gasteiger partial charge in [-0.25, -0.2) is 4.98 Å². The van der Waals surface area contributed by atoms with Gasteiger partial charge in [0.2, 0.25) is 11.6 Å². The zero-order chi connectivity index (χ0) is 17.7. The first-order valence-corrected chi connectivity index (χ1v) is 7.13. The van der Waals surface area contributed by atoms with E-state index < -0.39 is 6.36 Å². The van der Waals surface area contributed by atoms with Crippen molar-refractivity contribution in [3.8, 4) is 28.6 Å². The van der Waals surface area contributed by atoms with Gasteiger partial charge in [-0.1, -0.05) is 19.0 Å². The Balaban J connectivity index is 0.00000100. The molecule has 0 saturated carbocycles. The minimum Gasteiger partial charge on any atom is -0.406 e. The Bertz CT molecular complexity index is 779. The molecular weight excluding hydrogens is 325 g/mol. The van der Waals surface area contributed by atoms with E-state index in [1.54, 1.807) is 13.0 Å². The molecule has 1 N–H and O–H groups in total. The van der Waals surface area contributed by atoms with Crippen LogP contribution in [0.3, 0.4) is 0 Å². The standard InChI is InChI=1S/C13H9F3N4O2.C2H6/c1-7-17-12(19-18-7)11-6-10(20-22-11)8-2-4-9(5-3-8)21-13(14,15)16;1-2/h2-6H,1H3,(H,17,18,19);1-2H3. The summed E-state index contributed by atoms with van der Waals surface area (Å²) >= 11 is 0. The average Bonchev–Trinajstić information content (AvgIpc) is 3.17. The maximum atomic E-state index is 12.1. The van der Waals surface area contributed by atoms with Gasteiger partial charge in [0.25, 0.3) is 0 Å². The highest BCUT2D eigenvalue weighted by molar-refractivity contribution is 5.64. The van der Waals surface area contributed by atoms with Gasteiger partial charge in [0, 0.05) is 11.6 Å². The largest absolute Gasteiger partial charge is 0.573 e. The fourth-order valence-electron chi connectivity index (χ4n) is 1.80. The van der Waals surface area contributed by atoms with Gasteiger partial charge in [-0.05, 0) is 31.2 Å². The van der Waals surface area contributed by atoms with Crippen LogP contribution in [0.1, 0.15) is 19.7 Å². The van der Waals surface area contributed by atoms with Crippen LogP contribution in [0.2, 0.25) is 0 Å². The van der Waals surface area contributed by atoms with E-state index in [4.69, 9.17) is 4.52 Å². The lowest BCUT2D eigenvalue weighted by Gasteiger charge is -2.08. The van der Waals surface area contributed by atoms with Crippen molar-refractivity contribution in [1.82, 2.24) is 20.3 Å². The third kappa shape index (κ3) is 4.34. The summed E-state index contributed by atoms with van der Waals surface area (Å²) in [6.45, 7) is 5.74. The third-order valence-electron chi connectivity index (χ3n) is 2.71. The second-order valence-corrected chi connectivity index (χ2v) is 4.39. The molecular formula is C15H15F3N4O2. The van der Waals surface area contributed by atoms with Gasteiger partial charge in [0.05, 0.1) is 0 Å². The van der Waals surface area contributed by atoms with Gasteiger partial charge < -0.3 is 9.26 Å². The van der Waals surface area contributed by atoms with Gasteiger partial charge in [-0.15, -0.1) is 18.3 Å². The predicted octanol–water partition coefficient (Wildman–Crippen LogP) is 4.36. The van der Waals surface area contributed by atoms with Crippen molar-refractivity contribution in [1.29, 1.82) is 0 Å². The second-order valence-electron chi connectivity index (χ2n) is 4.39. The highest BCUT2D eigenvalue weighted by Crippen LogP contribution is 2.27. The maximum Gasteiger partial charge on any atom is 0.573 e. The van der Waals surface area contributed by atoms with Crippen molar-refractivity contribution in [3.05, 3.63) is 36.2 Å². The SMILES string of the molecule is CC.Cc1nc(-c2cc(-c3ccc(OC(F)(F)F)cc3)no2)n[nH]1. The van der Waals surface area contributed by atoms with E-state index in [9.17, 15) is 13.2 Å². The minimum atomic E-state index is -4.72. The van der Waals surface area contributed by atoms with Crippen LogP contribution in [-0.2, 0) is 0 Å². The summed E-state index contributed by atoms with van der Waals surface area (Å²) in [4.78, 5) is 4.10. The number of nitrogens with zero attached hydrogens (tertiary/aromatic N) is 3. The Morgan fingerprint density at radius 3 is 2.33 bits per heavy atom. The topological polar surface area (TPSA) is 76.8 Å². The van der Waals surface area contributed by atoms with Crippen LogP contribution in [0, 0.1) is 6.92 Å². The number of nitrogens with one attached hydrogen (secondary N) is 1. The van der Waals surface area contributed by atoms with E-state index in [2.05, 4.69) is 25.1 Å². The lowest BCUT2D eigenvalue weighted by atomic mass is 10.1. The lowest BCUT2D eigenvalue weighted by Crippen LogP contribution is -2.16. The number of rotatable bonds is 3. The van der Waals surface area contributed by atoms with Gasteiger partial charge in [-0.2, -0.15) is 0 Å². The summed E-state index contributed by atoms with van der Waals surface area (Å²) in [5.74, 6) is 1.04. The molecule has 0 spiro atoms. The smallest absolute Gasteiger partial charge is 0.406 e. The molecule has 1 aromatic carbocycles. The van der Waals surface area contributed by atoms with Crippen LogP contribution in [0.4, 0.5) is 13.2 Å². The molecule has 3 rings (SSSR count). The number of ether oxygens (including phenoxy) is 1. The van der Waals surface area contributed by atoms with Gasteiger partial charge in [-0.3, -0.25) is 5.10 Å². The lowest BCUT2D eigenvalue weighted by molar-refractivity contribution is -0.274. The van der Waals surface area contributed by atoms with Crippen molar-refractivity contribution >= 4 is 0 Å². The number of aromatic amines is 1. The summed E-state index contributed by atoms with van der Waals surface area (Å²) < 4.78 is 45.2. The Hall–Kier alpha value is -2.84. The molecule has 0 aliphatic heterocycles. The van der Waals surface area contributed by atoms with Crippen LogP contribution in [-0.4, -0.2) is 26.7 Å². The summed E-state index contributed by atoms with van der Waals surface area (Å²) in [5.41, 5.74) is 1.03. The molecule has 0 fully saturated rings. The average molecular weight is 340 g/mol. The second kappa shape index (κ2) is 7.16. The molecule has 0 bridgehead atoms. The Morgan fingerprint density at radius 2 is 1.79 bits per heavy atom. The molecule has 0 unspecified atom stereocenters. The Labute approximate surface area is 135 Å². The van der Waals surface area contributed by atoms with Crippen LogP contribution in [0.25, 0.3) is 22.8 Å². The van der Waals surface area contributed by atoms with Crippen LogP contribution < -0.4 is 4.74 Å². The van der Waals surface area contributed by atoms with E-state index >= 15 is 0 Å². The number of aryl methyl sites for hydroxylation is 1. The molecule has 6 nitrogen and oxygen atoms in total. The molecule has 0 aliphatic carbocycles. The summed E-state index contributed by atoms with van der Waals surface area (Å²) in [6.07, 6.45) is -4.72. The van der Waals surface area contributed by atoms with E-state index in [0.29, 0.717) is 28.7 Å². The molecule has 2 heterocycles. The van der Waals surface area contributed by atoms with Gasteiger partial charge in [0.1, 0.15) is 17.3 Å². The number of hydrogen-bond donors (Lipinski definition) is 1. The van der Waals surface area contributed by atoms with Crippen LogP contribution in [0.15, 0.2) is 34.9 Å². The first-order chi connectivity index (χ1) is 11.4. The zero-order valence-corrected chi connectivity index (χ0v) is 13.2.